The highest BCUT2D eigenvalue weighted by molar-refractivity contribution is 7.19. The summed E-state index contributed by atoms with van der Waals surface area (Å²) in [5.41, 5.74) is 1.82. The molecule has 9 heteroatoms. The molecule has 3 amide bonds. The summed E-state index contributed by atoms with van der Waals surface area (Å²) in [6, 6.07) is 9.19. The first-order valence-corrected chi connectivity index (χ1v) is 8.40. The summed E-state index contributed by atoms with van der Waals surface area (Å²) >= 11 is 1.35. The van der Waals surface area contributed by atoms with Gasteiger partial charge in [0.2, 0.25) is 5.91 Å². The number of aryl methyl sites for hydroxylation is 1. The zero-order valence-corrected chi connectivity index (χ0v) is 14.3. The molecule has 0 radical (unpaired) electrons. The summed E-state index contributed by atoms with van der Waals surface area (Å²) in [5, 5.41) is 7.59. The molecule has 3 N–H and O–H groups in total. The molecule has 0 atom stereocenters. The smallest absolute Gasteiger partial charge is 0.321 e. The number of alkyl halides is 2. The number of hydrogen-bond acceptors (Lipinski definition) is 4. The van der Waals surface area contributed by atoms with Crippen molar-refractivity contribution in [2.75, 3.05) is 18.4 Å². The fourth-order valence-corrected chi connectivity index (χ4v) is 2.98. The zero-order chi connectivity index (χ0) is 18.2. The Bertz CT molecular complexity index is 722. The Morgan fingerprint density at radius 2 is 1.92 bits per heavy atom. The number of anilines is 1. The Balaban J connectivity index is 1.80. The summed E-state index contributed by atoms with van der Waals surface area (Å²) < 4.78 is 23.9. The van der Waals surface area contributed by atoms with Crippen LogP contribution in [0.1, 0.15) is 12.1 Å². The van der Waals surface area contributed by atoms with E-state index in [1.165, 1.54) is 11.3 Å². The van der Waals surface area contributed by atoms with Crippen LogP contribution in [0, 0.1) is 6.92 Å². The second-order valence-electron chi connectivity index (χ2n) is 5.13. The molecule has 0 aliphatic carbocycles. The van der Waals surface area contributed by atoms with Crippen LogP contribution in [0.15, 0.2) is 30.3 Å². The number of urea groups is 1. The van der Waals surface area contributed by atoms with Crippen LogP contribution < -0.4 is 16.0 Å². The van der Waals surface area contributed by atoms with Gasteiger partial charge in [0.1, 0.15) is 0 Å². The summed E-state index contributed by atoms with van der Waals surface area (Å²) in [6.45, 7) is 1.21. The van der Waals surface area contributed by atoms with Crippen LogP contribution in [0.3, 0.4) is 0 Å². The number of benzene rings is 1. The predicted octanol–water partition coefficient (Wildman–Crippen LogP) is 3.01. The lowest BCUT2D eigenvalue weighted by Crippen LogP contribution is -2.34. The zero-order valence-electron chi connectivity index (χ0n) is 13.5. The summed E-state index contributed by atoms with van der Waals surface area (Å²) in [7, 11) is 0. The van der Waals surface area contributed by atoms with E-state index in [1.54, 1.807) is 0 Å². The average Bonchev–Trinajstić information content (AvgIpc) is 2.94. The fraction of sp³-hybridized carbons (Fsp3) is 0.312. The molecule has 2 rings (SSSR count). The number of thiazole rings is 1. The minimum absolute atomic E-state index is 0.0385. The van der Waals surface area contributed by atoms with E-state index in [9.17, 15) is 18.4 Å². The van der Waals surface area contributed by atoms with E-state index >= 15 is 0 Å². The monoisotopic (exact) mass is 368 g/mol. The minimum atomic E-state index is -2.59. The van der Waals surface area contributed by atoms with Gasteiger partial charge in [0.25, 0.3) is 6.43 Å². The van der Waals surface area contributed by atoms with Gasteiger partial charge in [-0.2, -0.15) is 0 Å². The van der Waals surface area contributed by atoms with Crippen LogP contribution in [0.2, 0.25) is 0 Å². The van der Waals surface area contributed by atoms with Crippen molar-refractivity contribution in [3.63, 3.8) is 0 Å². The molecule has 25 heavy (non-hydrogen) atoms. The van der Waals surface area contributed by atoms with Crippen molar-refractivity contribution < 1.29 is 18.4 Å². The van der Waals surface area contributed by atoms with E-state index in [4.69, 9.17) is 0 Å². The molecule has 0 saturated carbocycles. The SMILES string of the molecule is Cc1nc(NC(=O)NCCC(=O)NCC(F)F)sc1-c1ccccc1. The summed E-state index contributed by atoms with van der Waals surface area (Å²) in [5.74, 6) is -0.544. The standard InChI is InChI=1S/C16H18F2N4O2S/c1-10-14(11-5-3-2-4-6-11)25-16(21-10)22-15(24)19-8-7-13(23)20-9-12(17)18/h2-6,12H,7-9H2,1H3,(H,20,23)(H2,19,21,22,24). The number of nitrogens with zero attached hydrogens (tertiary/aromatic N) is 1. The van der Waals surface area contributed by atoms with Crippen LogP contribution in [0.5, 0.6) is 0 Å². The van der Waals surface area contributed by atoms with E-state index in [0.717, 1.165) is 16.1 Å². The maximum Gasteiger partial charge on any atom is 0.321 e. The second kappa shape index (κ2) is 9.07. The molecular weight excluding hydrogens is 350 g/mol. The molecule has 2 aromatic rings. The predicted molar refractivity (Wildman–Crippen MR) is 92.9 cm³/mol. The van der Waals surface area contributed by atoms with Crippen molar-refractivity contribution in [3.8, 4) is 10.4 Å². The Morgan fingerprint density at radius 1 is 1.20 bits per heavy atom. The maximum atomic E-state index is 11.9. The van der Waals surface area contributed by atoms with Crippen molar-refractivity contribution in [3.05, 3.63) is 36.0 Å². The number of aromatic nitrogens is 1. The second-order valence-corrected chi connectivity index (χ2v) is 6.12. The van der Waals surface area contributed by atoms with Crippen molar-refractivity contribution in [2.45, 2.75) is 19.8 Å². The van der Waals surface area contributed by atoms with E-state index in [0.29, 0.717) is 5.13 Å². The Labute approximate surface area is 147 Å². The first-order valence-electron chi connectivity index (χ1n) is 7.58. The largest absolute Gasteiger partial charge is 0.350 e. The van der Waals surface area contributed by atoms with Crippen LogP contribution in [0.4, 0.5) is 18.7 Å². The molecule has 0 spiro atoms. The van der Waals surface area contributed by atoms with Crippen molar-refractivity contribution in [2.24, 2.45) is 0 Å². The quantitative estimate of drug-likeness (QED) is 0.702. The number of carbonyl (C=O) groups is 2. The molecular formula is C16H18F2N4O2S. The molecule has 0 fully saturated rings. The number of hydrogen-bond donors (Lipinski definition) is 3. The lowest BCUT2D eigenvalue weighted by molar-refractivity contribution is -0.121. The molecule has 6 nitrogen and oxygen atoms in total. The first-order chi connectivity index (χ1) is 12.0. The van der Waals surface area contributed by atoms with Gasteiger partial charge >= 0.3 is 6.03 Å². The molecule has 0 unspecified atom stereocenters. The van der Waals surface area contributed by atoms with Crippen molar-refractivity contribution in [1.82, 2.24) is 15.6 Å². The van der Waals surface area contributed by atoms with E-state index in [2.05, 4.69) is 20.9 Å². The van der Waals surface area contributed by atoms with Gasteiger partial charge in [-0.05, 0) is 12.5 Å². The fourth-order valence-electron chi connectivity index (χ4n) is 2.02. The third-order valence-corrected chi connectivity index (χ3v) is 4.27. The molecule has 0 bridgehead atoms. The van der Waals surface area contributed by atoms with Gasteiger partial charge in [-0.1, -0.05) is 41.7 Å². The van der Waals surface area contributed by atoms with Gasteiger partial charge in [0, 0.05) is 13.0 Å². The van der Waals surface area contributed by atoms with Crippen LogP contribution in [0.25, 0.3) is 10.4 Å². The number of carbonyl (C=O) groups excluding carboxylic acids is 2. The van der Waals surface area contributed by atoms with E-state index < -0.39 is 24.9 Å². The van der Waals surface area contributed by atoms with Gasteiger partial charge in [0.05, 0.1) is 17.1 Å². The van der Waals surface area contributed by atoms with Gasteiger partial charge in [-0.3, -0.25) is 10.1 Å². The van der Waals surface area contributed by atoms with E-state index in [-0.39, 0.29) is 13.0 Å². The lowest BCUT2D eigenvalue weighted by Gasteiger charge is -2.06. The highest BCUT2D eigenvalue weighted by Gasteiger charge is 2.12. The molecule has 0 aliphatic heterocycles. The van der Waals surface area contributed by atoms with Crippen molar-refractivity contribution in [1.29, 1.82) is 0 Å². The van der Waals surface area contributed by atoms with E-state index in [1.807, 2.05) is 37.3 Å². The van der Waals surface area contributed by atoms with Crippen LogP contribution in [-0.2, 0) is 4.79 Å². The summed E-state index contributed by atoms with van der Waals surface area (Å²) in [4.78, 5) is 28.3. The van der Waals surface area contributed by atoms with Crippen molar-refractivity contribution >= 4 is 28.4 Å². The first kappa shape index (κ1) is 18.8. The van der Waals surface area contributed by atoms with Crippen LogP contribution in [-0.4, -0.2) is 36.4 Å². The molecule has 1 aromatic heterocycles. The normalized spacial score (nSPS) is 10.6. The van der Waals surface area contributed by atoms with Gasteiger partial charge < -0.3 is 10.6 Å². The van der Waals surface area contributed by atoms with Gasteiger partial charge in [0.15, 0.2) is 5.13 Å². The highest BCUT2D eigenvalue weighted by atomic mass is 32.1. The minimum Gasteiger partial charge on any atom is -0.350 e. The van der Waals surface area contributed by atoms with Crippen LogP contribution >= 0.6 is 11.3 Å². The summed E-state index contributed by atoms with van der Waals surface area (Å²) in [6.07, 6.45) is -2.67. The third-order valence-electron chi connectivity index (χ3n) is 3.14. The Kier molecular flexibility index (Phi) is 6.81. The number of halogens is 2. The molecule has 134 valence electrons. The average molecular weight is 368 g/mol. The highest BCUT2D eigenvalue weighted by Crippen LogP contribution is 2.32. The number of nitrogens with one attached hydrogen (secondary N) is 3. The topological polar surface area (TPSA) is 83.1 Å². The molecule has 1 aromatic carbocycles. The lowest BCUT2D eigenvalue weighted by atomic mass is 10.2. The molecule has 0 aliphatic rings. The maximum absolute atomic E-state index is 11.9. The Hall–Kier alpha value is -2.55. The Morgan fingerprint density at radius 3 is 2.60 bits per heavy atom. The third kappa shape index (κ3) is 6.11. The van der Waals surface area contributed by atoms with Gasteiger partial charge in [-0.25, -0.2) is 18.6 Å². The molecule has 0 saturated heterocycles. The molecule has 1 heterocycles. The van der Waals surface area contributed by atoms with Gasteiger partial charge in [-0.15, -0.1) is 0 Å². The number of rotatable bonds is 7. The number of amides is 3.